The maximum Gasteiger partial charge on any atom is 0.286 e. The van der Waals surface area contributed by atoms with Crippen LogP contribution >= 0.6 is 11.3 Å². The van der Waals surface area contributed by atoms with Crippen LogP contribution in [0, 0.1) is 6.92 Å². The molecule has 2 N–H and O–H groups in total. The molecule has 110 valence electrons. The molecule has 21 heavy (non-hydrogen) atoms. The molecule has 3 rings (SSSR count). The predicted octanol–water partition coefficient (Wildman–Crippen LogP) is 2.57. The summed E-state index contributed by atoms with van der Waals surface area (Å²) in [6, 6.07) is 7.71. The molecule has 1 fully saturated rings. The summed E-state index contributed by atoms with van der Waals surface area (Å²) in [6.07, 6.45) is 2.26. The molecule has 1 aromatic carbocycles. The number of benzene rings is 1. The number of nitrogens with one attached hydrogen (secondary N) is 2. The Kier molecular flexibility index (Phi) is 4.26. The van der Waals surface area contributed by atoms with Gasteiger partial charge in [-0.15, -0.1) is 10.2 Å². The van der Waals surface area contributed by atoms with Crippen LogP contribution in [-0.4, -0.2) is 29.2 Å². The molecular weight excluding hydrogens is 284 g/mol. The molecule has 0 aliphatic carbocycles. The normalized spacial score (nSPS) is 18.4. The first-order valence-corrected chi connectivity index (χ1v) is 7.96. The zero-order chi connectivity index (χ0) is 14.7. The molecule has 1 saturated heterocycles. The van der Waals surface area contributed by atoms with E-state index in [1.807, 2.05) is 31.2 Å². The van der Waals surface area contributed by atoms with Gasteiger partial charge in [-0.1, -0.05) is 29.0 Å². The number of amides is 1. The standard InChI is InChI=1S/C15H18N4OS/c1-10-4-6-12(7-5-10)17-13(20)15-19-18-14(21-15)11-3-2-8-16-9-11/h4-7,11,16H,2-3,8-9H2,1H3,(H,17,20)/t11-/m0/s1. The van der Waals surface area contributed by atoms with Crippen LogP contribution in [0.1, 0.15) is 39.1 Å². The van der Waals surface area contributed by atoms with Crippen LogP contribution in [0.4, 0.5) is 5.69 Å². The van der Waals surface area contributed by atoms with Gasteiger partial charge in [0, 0.05) is 18.2 Å². The van der Waals surface area contributed by atoms with Crippen molar-refractivity contribution in [3.8, 4) is 0 Å². The lowest BCUT2D eigenvalue weighted by Gasteiger charge is -2.19. The summed E-state index contributed by atoms with van der Waals surface area (Å²) in [5, 5.41) is 15.8. The Bertz CT molecular complexity index is 617. The first kappa shape index (κ1) is 14.2. The molecule has 1 atom stereocenters. The molecule has 0 radical (unpaired) electrons. The summed E-state index contributed by atoms with van der Waals surface area (Å²) in [5.74, 6) is 0.198. The van der Waals surface area contributed by atoms with Crippen molar-refractivity contribution in [3.63, 3.8) is 0 Å². The third-order valence-corrected chi connectivity index (χ3v) is 4.67. The van der Waals surface area contributed by atoms with Crippen molar-refractivity contribution in [2.45, 2.75) is 25.7 Å². The molecule has 1 aliphatic rings. The lowest BCUT2D eigenvalue weighted by Crippen LogP contribution is -2.28. The highest BCUT2D eigenvalue weighted by atomic mass is 32.1. The van der Waals surface area contributed by atoms with Gasteiger partial charge in [-0.05, 0) is 38.4 Å². The number of piperidine rings is 1. The summed E-state index contributed by atoms with van der Waals surface area (Å²) in [7, 11) is 0. The van der Waals surface area contributed by atoms with E-state index in [1.165, 1.54) is 11.3 Å². The summed E-state index contributed by atoms with van der Waals surface area (Å²) in [5.41, 5.74) is 1.94. The van der Waals surface area contributed by atoms with Gasteiger partial charge < -0.3 is 10.6 Å². The smallest absolute Gasteiger partial charge is 0.286 e. The van der Waals surface area contributed by atoms with Crippen LogP contribution in [0.15, 0.2) is 24.3 Å². The van der Waals surface area contributed by atoms with Gasteiger partial charge in [-0.25, -0.2) is 0 Å². The maximum atomic E-state index is 12.2. The van der Waals surface area contributed by atoms with Crippen molar-refractivity contribution in [2.75, 3.05) is 18.4 Å². The lowest BCUT2D eigenvalue weighted by atomic mass is 10.0. The van der Waals surface area contributed by atoms with Crippen molar-refractivity contribution in [3.05, 3.63) is 39.8 Å². The second-order valence-corrected chi connectivity index (χ2v) is 6.32. The van der Waals surface area contributed by atoms with Crippen LogP contribution in [-0.2, 0) is 0 Å². The Hall–Kier alpha value is -1.79. The third kappa shape index (κ3) is 3.46. The van der Waals surface area contributed by atoms with E-state index in [1.54, 1.807) is 0 Å². The Morgan fingerprint density at radius 3 is 2.86 bits per heavy atom. The molecule has 1 amide bonds. The molecule has 6 heteroatoms. The topological polar surface area (TPSA) is 66.9 Å². The summed E-state index contributed by atoms with van der Waals surface area (Å²) < 4.78 is 0. The van der Waals surface area contributed by atoms with Crippen LogP contribution in [0.5, 0.6) is 0 Å². The number of rotatable bonds is 3. The van der Waals surface area contributed by atoms with Gasteiger partial charge in [-0.3, -0.25) is 4.79 Å². The van der Waals surface area contributed by atoms with Gasteiger partial charge in [0.2, 0.25) is 5.01 Å². The molecule has 1 aromatic heterocycles. The van der Waals surface area contributed by atoms with Gasteiger partial charge in [0.15, 0.2) is 0 Å². The molecule has 0 bridgehead atoms. The second-order valence-electron chi connectivity index (χ2n) is 5.31. The van der Waals surface area contributed by atoms with E-state index < -0.39 is 0 Å². The van der Waals surface area contributed by atoms with Crippen LogP contribution in [0.25, 0.3) is 0 Å². The maximum absolute atomic E-state index is 12.2. The monoisotopic (exact) mass is 302 g/mol. The quantitative estimate of drug-likeness (QED) is 0.914. The zero-order valence-electron chi connectivity index (χ0n) is 11.9. The molecule has 5 nitrogen and oxygen atoms in total. The fourth-order valence-corrected chi connectivity index (χ4v) is 3.25. The summed E-state index contributed by atoms with van der Waals surface area (Å²) >= 11 is 1.40. The SMILES string of the molecule is Cc1ccc(NC(=O)c2nnc([C@H]3CCCNC3)s2)cc1. The van der Waals surface area contributed by atoms with E-state index >= 15 is 0 Å². The van der Waals surface area contributed by atoms with Crippen LogP contribution in [0.3, 0.4) is 0 Å². The molecule has 2 heterocycles. The van der Waals surface area contributed by atoms with Gasteiger partial charge >= 0.3 is 0 Å². The van der Waals surface area contributed by atoms with E-state index in [-0.39, 0.29) is 5.91 Å². The average molecular weight is 302 g/mol. The number of carbonyl (C=O) groups excluding carboxylic acids is 1. The van der Waals surface area contributed by atoms with Crippen molar-refractivity contribution in [2.24, 2.45) is 0 Å². The first-order chi connectivity index (χ1) is 10.2. The van der Waals surface area contributed by atoms with Gasteiger partial charge in [0.1, 0.15) is 5.01 Å². The Morgan fingerprint density at radius 2 is 2.14 bits per heavy atom. The number of aromatic nitrogens is 2. The average Bonchev–Trinajstić information content (AvgIpc) is 3.00. The molecule has 0 saturated carbocycles. The number of aryl methyl sites for hydroxylation is 1. The third-order valence-electron chi connectivity index (χ3n) is 3.59. The molecular formula is C15H18N4OS. The fourth-order valence-electron chi connectivity index (χ4n) is 2.38. The lowest BCUT2D eigenvalue weighted by molar-refractivity contribution is 0.102. The number of hydrogen-bond donors (Lipinski definition) is 2. The largest absolute Gasteiger partial charge is 0.320 e. The summed E-state index contributed by atoms with van der Waals surface area (Å²) in [6.45, 7) is 4.01. The second kappa shape index (κ2) is 6.32. The van der Waals surface area contributed by atoms with Gasteiger partial charge in [0.25, 0.3) is 5.91 Å². The molecule has 2 aromatic rings. The molecule has 0 unspecified atom stereocenters. The minimum atomic E-state index is -0.189. The highest BCUT2D eigenvalue weighted by molar-refractivity contribution is 7.13. The van der Waals surface area contributed by atoms with Crippen molar-refractivity contribution in [1.29, 1.82) is 0 Å². The first-order valence-electron chi connectivity index (χ1n) is 7.14. The minimum Gasteiger partial charge on any atom is -0.320 e. The van der Waals surface area contributed by atoms with E-state index in [0.29, 0.717) is 10.9 Å². The van der Waals surface area contributed by atoms with E-state index in [2.05, 4.69) is 20.8 Å². The van der Waals surface area contributed by atoms with Crippen LogP contribution in [0.2, 0.25) is 0 Å². The van der Waals surface area contributed by atoms with E-state index in [0.717, 1.165) is 42.2 Å². The zero-order valence-corrected chi connectivity index (χ0v) is 12.7. The van der Waals surface area contributed by atoms with Crippen molar-refractivity contribution >= 4 is 22.9 Å². The van der Waals surface area contributed by atoms with Crippen molar-refractivity contribution in [1.82, 2.24) is 15.5 Å². The highest BCUT2D eigenvalue weighted by Gasteiger charge is 2.21. The van der Waals surface area contributed by atoms with E-state index in [4.69, 9.17) is 0 Å². The Morgan fingerprint density at radius 1 is 1.33 bits per heavy atom. The Balaban J connectivity index is 1.67. The number of carbonyl (C=O) groups is 1. The molecule has 1 aliphatic heterocycles. The number of nitrogens with zero attached hydrogens (tertiary/aromatic N) is 2. The summed E-state index contributed by atoms with van der Waals surface area (Å²) in [4.78, 5) is 12.2. The fraction of sp³-hybridized carbons (Fsp3) is 0.400. The predicted molar refractivity (Wildman–Crippen MR) is 83.9 cm³/mol. The number of hydrogen-bond acceptors (Lipinski definition) is 5. The number of anilines is 1. The van der Waals surface area contributed by atoms with Gasteiger partial charge in [0.05, 0.1) is 0 Å². The van der Waals surface area contributed by atoms with Crippen LogP contribution < -0.4 is 10.6 Å². The van der Waals surface area contributed by atoms with E-state index in [9.17, 15) is 4.79 Å². The molecule has 0 spiro atoms. The Labute approximate surface area is 127 Å². The van der Waals surface area contributed by atoms with Crippen molar-refractivity contribution < 1.29 is 4.79 Å². The highest BCUT2D eigenvalue weighted by Crippen LogP contribution is 2.26. The van der Waals surface area contributed by atoms with Gasteiger partial charge in [-0.2, -0.15) is 0 Å². The minimum absolute atomic E-state index is 0.189.